The summed E-state index contributed by atoms with van der Waals surface area (Å²) in [6.45, 7) is 5.44. The van der Waals surface area contributed by atoms with Crippen LogP contribution < -0.4 is 15.5 Å². The van der Waals surface area contributed by atoms with Crippen LogP contribution in [-0.4, -0.2) is 41.1 Å². The van der Waals surface area contributed by atoms with Gasteiger partial charge in [0.15, 0.2) is 4.67 Å². The maximum Gasteiger partial charge on any atom is 0.286 e. The third-order valence-corrected chi connectivity index (χ3v) is 7.42. The summed E-state index contributed by atoms with van der Waals surface area (Å²) in [5.41, 5.74) is 1.88. The second kappa shape index (κ2) is 10.9. The van der Waals surface area contributed by atoms with E-state index in [9.17, 15) is 9.59 Å². The standard InChI is InChI=1S/C26H32N4O2S/c1-2-21-11-6-7-15-29(21)16-8-14-28-25(31)20-12-13-23-22(17-20)30(26(32)24(27)33-23)18-19-9-4-3-5-10-19/h3-5,9-10,12-13,17,21,27H,2,6-8,11,14-16,18H2,1H3,(H,28,31). The Morgan fingerprint density at radius 3 is 2.79 bits per heavy atom. The molecule has 0 saturated carbocycles. The van der Waals surface area contributed by atoms with Crippen LogP contribution in [0.4, 0.5) is 0 Å². The Bertz CT molecular complexity index is 1220. The first-order chi connectivity index (χ1) is 16.1. The van der Waals surface area contributed by atoms with Gasteiger partial charge >= 0.3 is 0 Å². The topological polar surface area (TPSA) is 78.2 Å². The zero-order valence-corrected chi connectivity index (χ0v) is 20.0. The number of benzene rings is 2. The van der Waals surface area contributed by atoms with E-state index in [0.717, 1.165) is 41.1 Å². The van der Waals surface area contributed by atoms with E-state index in [0.29, 0.717) is 30.2 Å². The van der Waals surface area contributed by atoms with Crippen LogP contribution in [0.3, 0.4) is 0 Å². The van der Waals surface area contributed by atoms with Crippen LogP contribution in [0.5, 0.6) is 0 Å². The summed E-state index contributed by atoms with van der Waals surface area (Å²) in [6, 6.07) is 15.8. The molecule has 1 amide bonds. The van der Waals surface area contributed by atoms with Crippen molar-refractivity contribution in [2.75, 3.05) is 19.6 Å². The molecule has 0 spiro atoms. The number of aromatic nitrogens is 1. The molecule has 2 heterocycles. The van der Waals surface area contributed by atoms with Gasteiger partial charge in [-0.05, 0) is 56.0 Å². The monoisotopic (exact) mass is 464 g/mol. The van der Waals surface area contributed by atoms with Crippen molar-refractivity contribution in [1.29, 1.82) is 5.41 Å². The average molecular weight is 465 g/mol. The Morgan fingerprint density at radius 1 is 1.18 bits per heavy atom. The first kappa shape index (κ1) is 23.4. The molecule has 2 aromatic carbocycles. The lowest BCUT2D eigenvalue weighted by molar-refractivity contribution is 0.0947. The molecule has 1 atom stereocenters. The van der Waals surface area contributed by atoms with Crippen molar-refractivity contribution in [1.82, 2.24) is 14.8 Å². The smallest absolute Gasteiger partial charge is 0.286 e. The van der Waals surface area contributed by atoms with E-state index in [-0.39, 0.29) is 16.1 Å². The first-order valence-corrected chi connectivity index (χ1v) is 12.7. The third-order valence-electron chi connectivity index (χ3n) is 6.47. The maximum absolute atomic E-state index is 12.8. The summed E-state index contributed by atoms with van der Waals surface area (Å²) in [7, 11) is 0. The molecule has 0 aliphatic carbocycles. The van der Waals surface area contributed by atoms with Crippen molar-refractivity contribution in [2.24, 2.45) is 0 Å². The number of hydrogen-bond donors (Lipinski definition) is 2. The maximum atomic E-state index is 12.8. The van der Waals surface area contributed by atoms with Crippen LogP contribution in [0.25, 0.3) is 10.2 Å². The molecule has 7 heteroatoms. The van der Waals surface area contributed by atoms with Crippen LogP contribution in [0.1, 0.15) is 54.9 Å². The number of nitrogens with one attached hydrogen (secondary N) is 2. The molecule has 1 aliphatic heterocycles. The van der Waals surface area contributed by atoms with Gasteiger partial charge < -0.3 is 14.8 Å². The molecule has 1 aliphatic rings. The molecule has 2 N–H and O–H groups in total. The predicted octanol–water partition coefficient (Wildman–Crippen LogP) is 3.98. The summed E-state index contributed by atoms with van der Waals surface area (Å²) in [6.07, 6.45) is 6.00. The molecule has 4 rings (SSSR count). The highest BCUT2D eigenvalue weighted by Crippen LogP contribution is 2.20. The molecular weight excluding hydrogens is 432 g/mol. The Labute approximate surface area is 198 Å². The van der Waals surface area contributed by atoms with Crippen LogP contribution in [-0.2, 0) is 6.54 Å². The molecule has 1 aromatic heterocycles. The van der Waals surface area contributed by atoms with Gasteiger partial charge in [0.25, 0.3) is 11.5 Å². The number of likely N-dealkylation sites (tertiary alicyclic amines) is 1. The normalized spacial score (nSPS) is 16.7. The molecule has 1 saturated heterocycles. The largest absolute Gasteiger partial charge is 0.352 e. The lowest BCUT2D eigenvalue weighted by Crippen LogP contribution is -2.40. The molecule has 33 heavy (non-hydrogen) atoms. The Hall–Kier alpha value is -2.77. The second-order valence-electron chi connectivity index (χ2n) is 8.69. The van der Waals surface area contributed by atoms with Gasteiger partial charge in [-0.25, -0.2) is 0 Å². The van der Waals surface area contributed by atoms with Crippen molar-refractivity contribution in [3.8, 4) is 0 Å². The second-order valence-corrected chi connectivity index (χ2v) is 9.75. The van der Waals surface area contributed by atoms with Crippen molar-refractivity contribution < 1.29 is 4.79 Å². The lowest BCUT2D eigenvalue weighted by atomic mass is 10.00. The minimum atomic E-state index is -0.332. The van der Waals surface area contributed by atoms with Gasteiger partial charge in [-0.3, -0.25) is 15.0 Å². The summed E-state index contributed by atoms with van der Waals surface area (Å²) in [5.74, 6) is -0.124. The molecule has 1 fully saturated rings. The number of fused-ring (bicyclic) bond motifs is 1. The minimum absolute atomic E-state index is 0.00118. The number of hydrogen-bond acceptors (Lipinski definition) is 5. The van der Waals surface area contributed by atoms with Gasteiger partial charge in [0.1, 0.15) is 0 Å². The quantitative estimate of drug-likeness (QED) is 0.495. The highest BCUT2D eigenvalue weighted by Gasteiger charge is 2.20. The minimum Gasteiger partial charge on any atom is -0.352 e. The van der Waals surface area contributed by atoms with Gasteiger partial charge in [0.05, 0.1) is 16.8 Å². The number of carbonyl (C=O) groups is 1. The fraction of sp³-hybridized carbons (Fsp3) is 0.423. The van der Waals surface area contributed by atoms with Crippen molar-refractivity contribution in [3.63, 3.8) is 0 Å². The summed E-state index contributed by atoms with van der Waals surface area (Å²) < 4.78 is 2.42. The van der Waals surface area contributed by atoms with Crippen LogP contribution in [0, 0.1) is 5.41 Å². The van der Waals surface area contributed by atoms with Crippen molar-refractivity contribution >= 4 is 27.5 Å². The molecule has 0 radical (unpaired) electrons. The zero-order chi connectivity index (χ0) is 23.2. The van der Waals surface area contributed by atoms with Gasteiger partial charge in [-0.15, -0.1) is 11.3 Å². The third kappa shape index (κ3) is 5.60. The Kier molecular flexibility index (Phi) is 7.73. The highest BCUT2D eigenvalue weighted by atomic mass is 32.1. The van der Waals surface area contributed by atoms with Gasteiger partial charge in [0.2, 0.25) is 0 Å². The van der Waals surface area contributed by atoms with E-state index in [2.05, 4.69) is 17.1 Å². The molecule has 6 nitrogen and oxygen atoms in total. The molecule has 0 bridgehead atoms. The van der Waals surface area contributed by atoms with E-state index in [4.69, 9.17) is 5.41 Å². The SMILES string of the molecule is CCC1CCCCN1CCCNC(=O)c1ccc2sc(=N)c(=O)n(Cc3ccccc3)c2c1. The average Bonchev–Trinajstić information content (AvgIpc) is 2.85. The van der Waals surface area contributed by atoms with Gasteiger partial charge in [-0.2, -0.15) is 0 Å². The number of piperidine rings is 1. The van der Waals surface area contributed by atoms with Crippen molar-refractivity contribution in [3.05, 3.63) is 74.7 Å². The summed E-state index contributed by atoms with van der Waals surface area (Å²) in [4.78, 5) is 28.2. The number of rotatable bonds is 8. The van der Waals surface area contributed by atoms with Gasteiger partial charge in [-0.1, -0.05) is 43.7 Å². The number of carbonyl (C=O) groups excluding carboxylic acids is 1. The van der Waals surface area contributed by atoms with Crippen molar-refractivity contribution in [2.45, 2.75) is 51.6 Å². The first-order valence-electron chi connectivity index (χ1n) is 11.9. The van der Waals surface area contributed by atoms with E-state index in [1.165, 1.54) is 25.7 Å². The molecular formula is C26H32N4O2S. The number of amides is 1. The summed E-state index contributed by atoms with van der Waals surface area (Å²) >= 11 is 1.15. The van der Waals surface area contributed by atoms with Gasteiger partial charge in [0, 0.05) is 24.7 Å². The Balaban J connectivity index is 1.47. The van der Waals surface area contributed by atoms with Crippen LogP contribution in [0.15, 0.2) is 53.3 Å². The molecule has 174 valence electrons. The number of nitrogens with zero attached hydrogens (tertiary/aromatic N) is 2. The molecule has 3 aromatic rings. The van der Waals surface area contributed by atoms with E-state index < -0.39 is 0 Å². The van der Waals surface area contributed by atoms with E-state index in [1.54, 1.807) is 16.7 Å². The Morgan fingerprint density at radius 2 is 2.00 bits per heavy atom. The fourth-order valence-electron chi connectivity index (χ4n) is 4.67. The van der Waals surface area contributed by atoms with Crippen LogP contribution >= 0.6 is 11.3 Å². The summed E-state index contributed by atoms with van der Waals surface area (Å²) in [5, 5.41) is 11.1. The lowest BCUT2D eigenvalue weighted by Gasteiger charge is -2.35. The fourth-order valence-corrected chi connectivity index (χ4v) is 5.49. The zero-order valence-electron chi connectivity index (χ0n) is 19.2. The van der Waals surface area contributed by atoms with Crippen LogP contribution in [0.2, 0.25) is 0 Å². The highest BCUT2D eigenvalue weighted by molar-refractivity contribution is 7.15. The predicted molar refractivity (Wildman–Crippen MR) is 134 cm³/mol. The van der Waals surface area contributed by atoms with E-state index in [1.807, 2.05) is 36.4 Å². The van der Waals surface area contributed by atoms with E-state index >= 15 is 0 Å². The molecule has 1 unspecified atom stereocenters.